The maximum absolute atomic E-state index is 12.0. The quantitative estimate of drug-likeness (QED) is 0.679. The Morgan fingerprint density at radius 2 is 1.76 bits per heavy atom. The first-order chi connectivity index (χ1) is 12.0. The second-order valence-corrected chi connectivity index (χ2v) is 5.57. The first-order valence-electron chi connectivity index (χ1n) is 7.79. The Bertz CT molecular complexity index is 834. The summed E-state index contributed by atoms with van der Waals surface area (Å²) in [6.07, 6.45) is 0.203. The molecule has 0 aliphatic rings. The molecular weight excluding hydrogens is 316 g/mol. The summed E-state index contributed by atoms with van der Waals surface area (Å²) in [4.78, 5) is 23.5. The van der Waals surface area contributed by atoms with Crippen LogP contribution in [0.1, 0.15) is 19.4 Å². The average molecular weight is 334 g/mol. The number of amides is 2. The lowest BCUT2D eigenvalue weighted by Crippen LogP contribution is -2.33. The van der Waals surface area contributed by atoms with Crippen molar-refractivity contribution < 1.29 is 14.3 Å². The van der Waals surface area contributed by atoms with Crippen molar-refractivity contribution in [3.8, 4) is 17.2 Å². The van der Waals surface area contributed by atoms with Gasteiger partial charge in [0.25, 0.3) is 5.91 Å². The second kappa shape index (κ2) is 8.46. The van der Waals surface area contributed by atoms with Gasteiger partial charge in [0.1, 0.15) is 11.6 Å². The van der Waals surface area contributed by atoms with Gasteiger partial charge in [0, 0.05) is 0 Å². The number of nitrogens with one attached hydrogen (secondary N) is 1. The fraction of sp³-hybridized carbons (Fsp3) is 0.150. The van der Waals surface area contributed by atoms with Crippen molar-refractivity contribution in [1.82, 2.24) is 5.32 Å². The molecule has 0 unspecified atom stereocenters. The van der Waals surface area contributed by atoms with Gasteiger partial charge >= 0.3 is 6.09 Å². The molecule has 25 heavy (non-hydrogen) atoms. The van der Waals surface area contributed by atoms with Gasteiger partial charge < -0.3 is 4.74 Å². The van der Waals surface area contributed by atoms with Gasteiger partial charge in [-0.05, 0) is 42.7 Å². The van der Waals surface area contributed by atoms with E-state index in [-0.39, 0.29) is 11.7 Å². The zero-order valence-corrected chi connectivity index (χ0v) is 14.0. The molecule has 5 heteroatoms. The third-order valence-electron chi connectivity index (χ3n) is 3.23. The minimum atomic E-state index is -0.876. The van der Waals surface area contributed by atoms with Crippen LogP contribution < -0.4 is 5.32 Å². The van der Waals surface area contributed by atoms with Crippen LogP contribution in [0.5, 0.6) is 0 Å². The summed E-state index contributed by atoms with van der Waals surface area (Å²) < 4.78 is 4.84. The van der Waals surface area contributed by atoms with Crippen LogP contribution in [0.15, 0.2) is 60.2 Å². The van der Waals surface area contributed by atoms with Crippen molar-refractivity contribution in [2.24, 2.45) is 0 Å². The van der Waals surface area contributed by atoms with Crippen LogP contribution >= 0.6 is 0 Å². The molecule has 1 N–H and O–H groups in total. The summed E-state index contributed by atoms with van der Waals surface area (Å²) in [6, 6.07) is 19.0. The van der Waals surface area contributed by atoms with Crippen LogP contribution in [0.3, 0.4) is 0 Å². The number of carbonyl (C=O) groups excluding carboxylic acids is 2. The van der Waals surface area contributed by atoms with Crippen molar-refractivity contribution in [1.29, 1.82) is 5.26 Å². The van der Waals surface area contributed by atoms with Gasteiger partial charge in [-0.25, -0.2) is 4.79 Å². The maximum Gasteiger partial charge on any atom is 0.414 e. The molecule has 2 aromatic rings. The minimum Gasteiger partial charge on any atom is -0.447 e. The normalized spacial score (nSPS) is 10.9. The summed E-state index contributed by atoms with van der Waals surface area (Å²) >= 11 is 0. The van der Waals surface area contributed by atoms with Gasteiger partial charge in [0.2, 0.25) is 0 Å². The fourth-order valence-electron chi connectivity index (χ4n) is 2.16. The van der Waals surface area contributed by atoms with E-state index >= 15 is 0 Å². The first-order valence-corrected chi connectivity index (χ1v) is 7.79. The standard InChI is InChI=1S/C20H18N2O3/c1-14(2)25-20(24)22-19(23)18(13-21)12-15-7-6-10-17(11-15)16-8-4-3-5-9-16/h3-12,14H,1-2H3,(H,22,23,24)/b18-12-. The largest absolute Gasteiger partial charge is 0.447 e. The number of hydrogen-bond donors (Lipinski definition) is 1. The molecule has 0 radical (unpaired) electrons. The molecule has 2 amide bonds. The highest BCUT2D eigenvalue weighted by molar-refractivity contribution is 6.08. The Hall–Kier alpha value is -3.39. The summed E-state index contributed by atoms with van der Waals surface area (Å²) in [5, 5.41) is 11.2. The SMILES string of the molecule is CC(C)OC(=O)NC(=O)/C(C#N)=C\c1cccc(-c2ccccc2)c1. The van der Waals surface area contributed by atoms with Gasteiger partial charge in [0.05, 0.1) is 6.10 Å². The number of rotatable bonds is 4. The van der Waals surface area contributed by atoms with Crippen molar-refractivity contribution in [2.45, 2.75) is 20.0 Å². The maximum atomic E-state index is 12.0. The minimum absolute atomic E-state index is 0.175. The van der Waals surface area contributed by atoms with E-state index in [1.54, 1.807) is 19.9 Å². The Morgan fingerprint density at radius 1 is 1.08 bits per heavy atom. The van der Waals surface area contributed by atoms with Crippen LogP contribution in [0, 0.1) is 11.3 Å². The molecule has 2 rings (SSSR count). The number of ether oxygens (including phenoxy) is 1. The molecule has 0 bridgehead atoms. The number of alkyl carbamates (subject to hydrolysis) is 1. The average Bonchev–Trinajstić information content (AvgIpc) is 2.59. The zero-order valence-electron chi connectivity index (χ0n) is 14.0. The molecule has 5 nitrogen and oxygen atoms in total. The van der Waals surface area contributed by atoms with Crippen LogP contribution in [0.2, 0.25) is 0 Å². The third-order valence-corrected chi connectivity index (χ3v) is 3.23. The molecule has 2 aromatic carbocycles. The smallest absolute Gasteiger partial charge is 0.414 e. The van der Waals surface area contributed by atoms with E-state index < -0.39 is 12.0 Å². The first kappa shape index (κ1) is 18.0. The monoisotopic (exact) mass is 334 g/mol. The molecule has 0 fully saturated rings. The molecule has 0 aromatic heterocycles. The Labute approximate surface area is 146 Å². The lowest BCUT2D eigenvalue weighted by molar-refractivity contribution is -0.116. The van der Waals surface area contributed by atoms with Crippen molar-refractivity contribution in [3.63, 3.8) is 0 Å². The van der Waals surface area contributed by atoms with E-state index in [2.05, 4.69) is 0 Å². The summed E-state index contributed by atoms with van der Waals surface area (Å²) in [5.74, 6) is -0.793. The second-order valence-electron chi connectivity index (χ2n) is 5.57. The third kappa shape index (κ3) is 5.33. The van der Waals surface area contributed by atoms with Gasteiger partial charge in [-0.2, -0.15) is 5.26 Å². The lowest BCUT2D eigenvalue weighted by Gasteiger charge is -2.08. The molecule has 0 saturated heterocycles. The number of imide groups is 1. The molecule has 0 saturated carbocycles. The molecule has 0 spiro atoms. The van der Waals surface area contributed by atoms with E-state index in [0.29, 0.717) is 5.56 Å². The van der Waals surface area contributed by atoms with Crippen molar-refractivity contribution >= 4 is 18.1 Å². The van der Waals surface area contributed by atoms with Gasteiger partial charge in [-0.15, -0.1) is 0 Å². The fourth-order valence-corrected chi connectivity index (χ4v) is 2.16. The number of benzene rings is 2. The molecule has 0 atom stereocenters. The summed E-state index contributed by atoms with van der Waals surface area (Å²) in [5.41, 5.74) is 2.50. The Kier molecular flexibility index (Phi) is 6.08. The highest BCUT2D eigenvalue weighted by Crippen LogP contribution is 2.21. The number of nitriles is 1. The van der Waals surface area contributed by atoms with E-state index in [1.165, 1.54) is 6.08 Å². The van der Waals surface area contributed by atoms with Crippen LogP contribution in [0.25, 0.3) is 17.2 Å². The van der Waals surface area contributed by atoms with Crippen LogP contribution in [-0.4, -0.2) is 18.1 Å². The van der Waals surface area contributed by atoms with E-state index in [1.807, 2.05) is 59.9 Å². The van der Waals surface area contributed by atoms with Crippen LogP contribution in [-0.2, 0) is 9.53 Å². The Morgan fingerprint density at radius 3 is 2.40 bits per heavy atom. The van der Waals surface area contributed by atoms with Crippen molar-refractivity contribution in [2.75, 3.05) is 0 Å². The highest BCUT2D eigenvalue weighted by atomic mass is 16.6. The van der Waals surface area contributed by atoms with Crippen LogP contribution in [0.4, 0.5) is 4.79 Å². The summed E-state index contributed by atoms with van der Waals surface area (Å²) in [7, 11) is 0. The van der Waals surface area contributed by atoms with Gasteiger partial charge in [0.15, 0.2) is 0 Å². The molecule has 0 aliphatic carbocycles. The number of nitrogens with zero attached hydrogens (tertiary/aromatic N) is 1. The van der Waals surface area contributed by atoms with E-state index in [0.717, 1.165) is 11.1 Å². The number of carbonyl (C=O) groups is 2. The molecule has 0 aliphatic heterocycles. The predicted octanol–water partition coefficient (Wildman–Crippen LogP) is 3.92. The zero-order chi connectivity index (χ0) is 18.2. The lowest BCUT2D eigenvalue weighted by atomic mass is 10.0. The topological polar surface area (TPSA) is 79.2 Å². The Balaban J connectivity index is 2.21. The summed E-state index contributed by atoms with van der Waals surface area (Å²) in [6.45, 7) is 3.33. The molecular formula is C20H18N2O3. The predicted molar refractivity (Wildman–Crippen MR) is 95.2 cm³/mol. The van der Waals surface area contributed by atoms with Gasteiger partial charge in [-0.3, -0.25) is 10.1 Å². The molecule has 0 heterocycles. The molecule has 126 valence electrons. The van der Waals surface area contributed by atoms with E-state index in [4.69, 9.17) is 4.74 Å². The van der Waals surface area contributed by atoms with E-state index in [9.17, 15) is 14.9 Å². The number of hydrogen-bond acceptors (Lipinski definition) is 4. The van der Waals surface area contributed by atoms with Crippen molar-refractivity contribution in [3.05, 3.63) is 65.7 Å². The van der Waals surface area contributed by atoms with Gasteiger partial charge in [-0.1, -0.05) is 48.5 Å². The highest BCUT2D eigenvalue weighted by Gasteiger charge is 2.15.